The highest BCUT2D eigenvalue weighted by atomic mass is 19.4. The molecule has 3 aliphatic heterocycles. The first-order valence-electron chi connectivity index (χ1n) is 11.8. The van der Waals surface area contributed by atoms with Crippen LogP contribution >= 0.6 is 0 Å². The number of anilines is 3. The zero-order chi connectivity index (χ0) is 24.6. The quantitative estimate of drug-likeness (QED) is 0.670. The van der Waals surface area contributed by atoms with Gasteiger partial charge in [-0.3, -0.25) is 4.79 Å². The van der Waals surface area contributed by atoms with Crippen molar-refractivity contribution in [1.29, 1.82) is 0 Å². The number of amides is 3. The maximum atomic E-state index is 13.1. The lowest BCUT2D eigenvalue weighted by atomic mass is 10.0. The number of benzene rings is 2. The summed E-state index contributed by atoms with van der Waals surface area (Å²) in [6.07, 6.45) is -0.463. The van der Waals surface area contributed by atoms with E-state index in [-0.39, 0.29) is 23.8 Å². The Balaban J connectivity index is 1.19. The molecule has 3 atom stereocenters. The SMILES string of the molecule is O=C(Nc1ccc(C(F)(F)F)cc1)NC1CCCN(c2ccc(N3C[C@H]4CC[C@@H](C3)O4)cc2)C1=O. The van der Waals surface area contributed by atoms with Crippen molar-refractivity contribution in [2.45, 2.75) is 50.1 Å². The number of alkyl halides is 3. The zero-order valence-corrected chi connectivity index (χ0v) is 19.1. The van der Waals surface area contributed by atoms with Crippen LogP contribution < -0.4 is 20.4 Å². The standard InChI is InChI=1S/C25H27F3N4O3/c26-25(27,28)16-3-5-17(6-4-16)29-24(34)30-22-2-1-13-32(23(22)33)19-9-7-18(8-10-19)31-14-20-11-12-21(15-31)35-20/h3-10,20-22H,1-2,11-15H2,(H2,29,30,34)/t20-,21+,22?. The van der Waals surface area contributed by atoms with Crippen LogP contribution in [0.3, 0.4) is 0 Å². The van der Waals surface area contributed by atoms with Gasteiger partial charge in [-0.2, -0.15) is 13.2 Å². The normalized spacial score (nSPS) is 24.4. The third-order valence-corrected chi connectivity index (χ3v) is 6.78. The van der Waals surface area contributed by atoms with Crippen molar-refractivity contribution in [2.75, 3.05) is 34.8 Å². The lowest BCUT2D eigenvalue weighted by Gasteiger charge is -2.35. The van der Waals surface area contributed by atoms with Crippen LogP contribution in [0.4, 0.5) is 35.0 Å². The van der Waals surface area contributed by atoms with Crippen LogP contribution in [0.25, 0.3) is 0 Å². The third-order valence-electron chi connectivity index (χ3n) is 6.78. The summed E-state index contributed by atoms with van der Waals surface area (Å²) in [5, 5.41) is 5.15. The van der Waals surface area contributed by atoms with E-state index in [1.807, 2.05) is 24.3 Å². The number of fused-ring (bicyclic) bond motifs is 2. The van der Waals surface area contributed by atoms with Crippen LogP contribution in [-0.4, -0.2) is 49.8 Å². The van der Waals surface area contributed by atoms with Crippen LogP contribution in [0.1, 0.15) is 31.2 Å². The maximum absolute atomic E-state index is 13.1. The minimum absolute atomic E-state index is 0.211. The van der Waals surface area contributed by atoms with E-state index in [2.05, 4.69) is 15.5 Å². The summed E-state index contributed by atoms with van der Waals surface area (Å²) in [5.41, 5.74) is 1.28. The number of urea groups is 1. The Morgan fingerprint density at radius 3 is 2.17 bits per heavy atom. The summed E-state index contributed by atoms with van der Waals surface area (Å²) >= 11 is 0. The van der Waals surface area contributed by atoms with Gasteiger partial charge in [-0.25, -0.2) is 4.79 Å². The highest BCUT2D eigenvalue weighted by molar-refractivity contribution is 6.01. The van der Waals surface area contributed by atoms with Gasteiger partial charge < -0.3 is 25.2 Å². The predicted octanol–water partition coefficient (Wildman–Crippen LogP) is 4.39. The van der Waals surface area contributed by atoms with Crippen LogP contribution in [0.5, 0.6) is 0 Å². The molecule has 0 saturated carbocycles. The molecule has 2 N–H and O–H groups in total. The molecule has 0 aliphatic carbocycles. The monoisotopic (exact) mass is 488 g/mol. The van der Waals surface area contributed by atoms with E-state index in [1.54, 1.807) is 4.90 Å². The number of nitrogens with one attached hydrogen (secondary N) is 2. The van der Waals surface area contributed by atoms with E-state index in [9.17, 15) is 22.8 Å². The van der Waals surface area contributed by atoms with Gasteiger partial charge in [-0.05, 0) is 74.2 Å². The Morgan fingerprint density at radius 2 is 1.54 bits per heavy atom. The smallest absolute Gasteiger partial charge is 0.371 e. The summed E-state index contributed by atoms with van der Waals surface area (Å²) in [4.78, 5) is 29.5. The minimum Gasteiger partial charge on any atom is -0.371 e. The molecule has 2 bridgehead atoms. The summed E-state index contributed by atoms with van der Waals surface area (Å²) in [7, 11) is 0. The van der Waals surface area contributed by atoms with E-state index in [4.69, 9.17) is 4.74 Å². The third kappa shape index (κ3) is 5.22. The van der Waals surface area contributed by atoms with Crippen LogP contribution in [0, 0.1) is 0 Å². The van der Waals surface area contributed by atoms with Crippen molar-refractivity contribution in [3.63, 3.8) is 0 Å². The molecule has 2 aromatic carbocycles. The Kier molecular flexibility index (Phi) is 6.31. The largest absolute Gasteiger partial charge is 0.416 e. The average molecular weight is 489 g/mol. The Labute approximate surface area is 201 Å². The summed E-state index contributed by atoms with van der Waals surface area (Å²) in [6.45, 7) is 2.30. The predicted molar refractivity (Wildman–Crippen MR) is 126 cm³/mol. The number of piperidine rings is 1. The molecular formula is C25H27F3N4O3. The van der Waals surface area contributed by atoms with Gasteiger partial charge in [-0.15, -0.1) is 0 Å². The van der Waals surface area contributed by atoms with Crippen molar-refractivity contribution in [1.82, 2.24) is 5.32 Å². The molecule has 0 radical (unpaired) electrons. The van der Waals surface area contributed by atoms with E-state index in [0.717, 1.165) is 49.4 Å². The fourth-order valence-corrected chi connectivity index (χ4v) is 5.00. The number of carbonyl (C=O) groups is 2. The number of carbonyl (C=O) groups excluding carboxylic acids is 2. The van der Waals surface area contributed by atoms with E-state index in [0.29, 0.717) is 19.4 Å². The van der Waals surface area contributed by atoms with Gasteiger partial charge in [0.05, 0.1) is 17.8 Å². The molecule has 3 heterocycles. The summed E-state index contributed by atoms with van der Waals surface area (Å²) < 4.78 is 44.0. The number of morpholine rings is 1. The lowest BCUT2D eigenvalue weighted by Crippen LogP contribution is -2.53. The first kappa shape index (κ1) is 23.5. The van der Waals surface area contributed by atoms with Crippen molar-refractivity contribution in [3.05, 3.63) is 54.1 Å². The van der Waals surface area contributed by atoms with Gasteiger partial charge in [-0.1, -0.05) is 0 Å². The average Bonchev–Trinajstić information content (AvgIpc) is 3.17. The highest BCUT2D eigenvalue weighted by Gasteiger charge is 2.34. The maximum Gasteiger partial charge on any atom is 0.416 e. The number of rotatable bonds is 4. The van der Waals surface area contributed by atoms with Crippen LogP contribution in [-0.2, 0) is 15.7 Å². The molecule has 10 heteroatoms. The fourth-order valence-electron chi connectivity index (χ4n) is 5.00. The molecule has 2 aromatic rings. The second kappa shape index (κ2) is 9.41. The summed E-state index contributed by atoms with van der Waals surface area (Å²) in [6, 6.07) is 10.7. The van der Waals surface area contributed by atoms with Gasteiger partial charge in [0, 0.05) is 36.7 Å². The van der Waals surface area contributed by atoms with Gasteiger partial charge in [0.1, 0.15) is 6.04 Å². The number of ether oxygens (including phenoxy) is 1. The van der Waals surface area contributed by atoms with Crippen LogP contribution in [0.15, 0.2) is 48.5 Å². The Bertz CT molecular complexity index is 1060. The van der Waals surface area contributed by atoms with E-state index in [1.165, 1.54) is 12.1 Å². The zero-order valence-electron chi connectivity index (χ0n) is 19.1. The Morgan fingerprint density at radius 1 is 0.914 bits per heavy atom. The number of halogens is 3. The highest BCUT2D eigenvalue weighted by Crippen LogP contribution is 2.32. The summed E-state index contributed by atoms with van der Waals surface area (Å²) in [5.74, 6) is -0.212. The molecule has 186 valence electrons. The number of hydrogen-bond acceptors (Lipinski definition) is 4. The van der Waals surface area contributed by atoms with Gasteiger partial charge in [0.15, 0.2) is 0 Å². The van der Waals surface area contributed by atoms with E-state index >= 15 is 0 Å². The first-order valence-corrected chi connectivity index (χ1v) is 11.8. The van der Waals surface area contributed by atoms with Crippen molar-refractivity contribution in [3.8, 4) is 0 Å². The Hall–Kier alpha value is -3.27. The molecule has 0 aromatic heterocycles. The van der Waals surface area contributed by atoms with Gasteiger partial charge >= 0.3 is 12.2 Å². The molecule has 7 nitrogen and oxygen atoms in total. The number of hydrogen-bond donors (Lipinski definition) is 2. The van der Waals surface area contributed by atoms with E-state index < -0.39 is 23.8 Å². The molecule has 3 saturated heterocycles. The molecule has 0 spiro atoms. The van der Waals surface area contributed by atoms with Crippen molar-refractivity contribution >= 4 is 29.0 Å². The lowest BCUT2D eigenvalue weighted by molar-refractivity contribution is -0.137. The molecule has 3 aliphatic rings. The molecule has 3 amide bonds. The number of nitrogens with zero attached hydrogens (tertiary/aromatic N) is 2. The van der Waals surface area contributed by atoms with Crippen molar-refractivity contribution in [2.24, 2.45) is 0 Å². The molecule has 35 heavy (non-hydrogen) atoms. The van der Waals surface area contributed by atoms with Crippen LogP contribution in [0.2, 0.25) is 0 Å². The first-order chi connectivity index (χ1) is 16.8. The molecule has 3 fully saturated rings. The molecule has 1 unspecified atom stereocenters. The molecular weight excluding hydrogens is 461 g/mol. The van der Waals surface area contributed by atoms with Crippen molar-refractivity contribution < 1.29 is 27.5 Å². The second-order valence-corrected chi connectivity index (χ2v) is 9.24. The fraction of sp³-hybridized carbons (Fsp3) is 0.440. The molecule has 5 rings (SSSR count). The second-order valence-electron chi connectivity index (χ2n) is 9.24. The minimum atomic E-state index is -4.45. The topological polar surface area (TPSA) is 73.9 Å². The van der Waals surface area contributed by atoms with Gasteiger partial charge in [0.25, 0.3) is 0 Å². The van der Waals surface area contributed by atoms with Gasteiger partial charge in [0.2, 0.25) is 5.91 Å².